The van der Waals surface area contributed by atoms with Crippen molar-refractivity contribution in [2.24, 2.45) is 0 Å². The van der Waals surface area contributed by atoms with Crippen molar-refractivity contribution >= 4 is 17.7 Å². The summed E-state index contributed by atoms with van der Waals surface area (Å²) in [6, 6.07) is 10.8. The second kappa shape index (κ2) is 7.34. The highest BCUT2D eigenvalue weighted by atomic mass is 16.6. The van der Waals surface area contributed by atoms with Crippen LogP contribution in [0.25, 0.3) is 0 Å². The van der Waals surface area contributed by atoms with Gasteiger partial charge < -0.3 is 5.11 Å². The monoisotopic (exact) mass is 290 g/mol. The Hall–Kier alpha value is -3.29. The van der Waals surface area contributed by atoms with Crippen molar-refractivity contribution in [2.45, 2.75) is 0 Å². The Morgan fingerprint density at radius 3 is 1.57 bits per heavy atom. The van der Waals surface area contributed by atoms with E-state index in [2.05, 4.69) is 0 Å². The van der Waals surface area contributed by atoms with Gasteiger partial charge in [0.1, 0.15) is 5.75 Å². The van der Waals surface area contributed by atoms with Crippen molar-refractivity contribution in [1.29, 1.82) is 0 Å². The molecule has 0 unspecified atom stereocenters. The summed E-state index contributed by atoms with van der Waals surface area (Å²) in [6.07, 6.45) is 0.620. The number of aromatic hydroxyl groups is 1. The molecule has 0 saturated heterocycles. The van der Waals surface area contributed by atoms with Crippen LogP contribution in [-0.2, 0) is 0 Å². The second-order valence-electron chi connectivity index (χ2n) is 3.71. The largest absolute Gasteiger partial charge is 0.507 e. The average Bonchev–Trinajstić information content (AvgIpc) is 2.48. The number of aldehydes is 1. The zero-order valence-corrected chi connectivity index (χ0v) is 10.6. The Balaban J connectivity index is 0.000000219. The van der Waals surface area contributed by atoms with Gasteiger partial charge in [0, 0.05) is 24.3 Å². The Labute approximate surface area is 118 Å². The smallest absolute Gasteiger partial charge is 0.269 e. The molecular formula is C13H10N2O6. The predicted octanol–water partition coefficient (Wildman–Crippen LogP) is 2.71. The molecule has 0 aliphatic heterocycles. The van der Waals surface area contributed by atoms with Crippen molar-refractivity contribution in [3.63, 3.8) is 0 Å². The highest BCUT2D eigenvalue weighted by molar-refractivity contribution is 5.78. The molecule has 0 saturated carbocycles. The number of benzene rings is 2. The van der Waals surface area contributed by atoms with Gasteiger partial charge in [0.2, 0.25) is 0 Å². The van der Waals surface area contributed by atoms with Gasteiger partial charge in [-0.3, -0.25) is 25.0 Å². The summed E-state index contributed by atoms with van der Waals surface area (Å²) in [5.41, 5.74) is 0.0266. The summed E-state index contributed by atoms with van der Waals surface area (Å²) in [5.74, 6) is 0.0347. The molecule has 21 heavy (non-hydrogen) atoms. The van der Waals surface area contributed by atoms with Crippen LogP contribution >= 0.6 is 0 Å². The molecule has 0 amide bonds. The van der Waals surface area contributed by atoms with Gasteiger partial charge in [-0.1, -0.05) is 12.1 Å². The van der Waals surface area contributed by atoms with E-state index in [0.29, 0.717) is 11.8 Å². The van der Waals surface area contributed by atoms with E-state index in [1.165, 1.54) is 6.07 Å². The van der Waals surface area contributed by atoms with Crippen LogP contribution in [0.15, 0.2) is 48.5 Å². The summed E-state index contributed by atoms with van der Waals surface area (Å²) in [4.78, 5) is 29.1. The van der Waals surface area contributed by atoms with Crippen LogP contribution in [0.3, 0.4) is 0 Å². The quantitative estimate of drug-likeness (QED) is 0.526. The fraction of sp³-hybridized carbons (Fsp3) is 0. The lowest BCUT2D eigenvalue weighted by Crippen LogP contribution is -1.90. The highest BCUT2D eigenvalue weighted by Gasteiger charge is 2.08. The molecule has 0 bridgehead atoms. The molecule has 0 aliphatic carbocycles. The number of hydrogen-bond acceptors (Lipinski definition) is 6. The van der Waals surface area contributed by atoms with E-state index in [-0.39, 0.29) is 17.1 Å². The zero-order valence-electron chi connectivity index (χ0n) is 10.6. The van der Waals surface area contributed by atoms with Gasteiger partial charge in [0.15, 0.2) is 6.29 Å². The third-order valence-corrected chi connectivity index (χ3v) is 2.34. The maximum atomic E-state index is 10.1. The number of rotatable bonds is 3. The maximum absolute atomic E-state index is 10.1. The van der Waals surface area contributed by atoms with Gasteiger partial charge in [-0.2, -0.15) is 0 Å². The minimum Gasteiger partial charge on any atom is -0.507 e. The van der Waals surface area contributed by atoms with E-state index in [1.807, 2.05) is 0 Å². The number of para-hydroxylation sites is 1. The Morgan fingerprint density at radius 1 is 0.857 bits per heavy atom. The predicted molar refractivity (Wildman–Crippen MR) is 73.2 cm³/mol. The lowest BCUT2D eigenvalue weighted by atomic mass is 10.2. The first-order valence-corrected chi connectivity index (χ1v) is 5.57. The molecule has 0 radical (unpaired) electrons. The van der Waals surface area contributed by atoms with E-state index >= 15 is 0 Å². The Kier molecular flexibility index (Phi) is 5.51. The maximum Gasteiger partial charge on any atom is 0.269 e. The molecule has 8 nitrogen and oxygen atoms in total. The fourth-order valence-corrected chi connectivity index (χ4v) is 1.28. The molecule has 2 aromatic carbocycles. The molecule has 108 valence electrons. The van der Waals surface area contributed by atoms with E-state index in [0.717, 1.165) is 24.3 Å². The molecule has 2 aromatic rings. The number of hydrogen-bond donors (Lipinski definition) is 1. The van der Waals surface area contributed by atoms with Crippen LogP contribution < -0.4 is 0 Å². The van der Waals surface area contributed by atoms with Gasteiger partial charge in [-0.05, 0) is 12.1 Å². The van der Waals surface area contributed by atoms with Crippen LogP contribution in [0, 0.1) is 20.2 Å². The SMILES string of the molecule is O=Cc1ccccc1O.O=[N+]([O-])c1ccc([N+](=O)[O-])cc1. The number of carbonyl (C=O) groups excluding carboxylic acids is 1. The third-order valence-electron chi connectivity index (χ3n) is 2.34. The molecule has 8 heteroatoms. The summed E-state index contributed by atoms with van der Waals surface area (Å²) in [6.45, 7) is 0. The van der Waals surface area contributed by atoms with E-state index in [4.69, 9.17) is 5.11 Å². The summed E-state index contributed by atoms with van der Waals surface area (Å²) < 4.78 is 0. The normalized spacial score (nSPS) is 9.14. The van der Waals surface area contributed by atoms with Crippen molar-refractivity contribution < 1.29 is 19.7 Å². The van der Waals surface area contributed by atoms with E-state index < -0.39 is 9.85 Å². The topological polar surface area (TPSA) is 124 Å². The van der Waals surface area contributed by atoms with Gasteiger partial charge in [0.05, 0.1) is 15.4 Å². The minimum absolute atomic E-state index is 0.0347. The number of nitro groups is 2. The molecular weight excluding hydrogens is 280 g/mol. The summed E-state index contributed by atoms with van der Waals surface area (Å²) >= 11 is 0. The molecule has 0 aromatic heterocycles. The first-order valence-electron chi connectivity index (χ1n) is 5.57. The minimum atomic E-state index is -0.607. The molecule has 0 heterocycles. The van der Waals surface area contributed by atoms with Crippen molar-refractivity contribution in [1.82, 2.24) is 0 Å². The Bertz CT molecular complexity index is 621. The van der Waals surface area contributed by atoms with Crippen LogP contribution in [-0.4, -0.2) is 21.2 Å². The number of nitro benzene ring substituents is 2. The summed E-state index contributed by atoms with van der Waals surface area (Å²) in [7, 11) is 0. The highest BCUT2D eigenvalue weighted by Crippen LogP contribution is 2.16. The standard InChI is InChI=1S/C7H6O2.C6H4N2O4/c8-5-6-3-1-2-4-7(6)9;9-7(10)5-1-2-6(4-3-5)8(11)12/h1-5,9H;1-4H. The zero-order chi connectivity index (χ0) is 15.8. The van der Waals surface area contributed by atoms with Crippen molar-refractivity contribution in [2.75, 3.05) is 0 Å². The number of nitrogens with zero attached hydrogens (tertiary/aromatic N) is 2. The molecule has 0 atom stereocenters. The van der Waals surface area contributed by atoms with Crippen molar-refractivity contribution in [3.05, 3.63) is 74.3 Å². The molecule has 0 fully saturated rings. The van der Waals surface area contributed by atoms with E-state index in [9.17, 15) is 25.0 Å². The van der Waals surface area contributed by atoms with Gasteiger partial charge in [-0.15, -0.1) is 0 Å². The first kappa shape index (κ1) is 15.8. The molecule has 0 spiro atoms. The molecule has 1 N–H and O–H groups in total. The van der Waals surface area contributed by atoms with Gasteiger partial charge >= 0.3 is 0 Å². The van der Waals surface area contributed by atoms with Gasteiger partial charge in [0.25, 0.3) is 11.4 Å². The van der Waals surface area contributed by atoms with Crippen LogP contribution in [0.4, 0.5) is 11.4 Å². The summed E-state index contributed by atoms with van der Waals surface area (Å²) in [5, 5.41) is 29.1. The van der Waals surface area contributed by atoms with Crippen molar-refractivity contribution in [3.8, 4) is 5.75 Å². The van der Waals surface area contributed by atoms with Crippen LogP contribution in [0.2, 0.25) is 0 Å². The number of carbonyl (C=O) groups is 1. The fourth-order valence-electron chi connectivity index (χ4n) is 1.28. The Morgan fingerprint density at radius 2 is 1.29 bits per heavy atom. The van der Waals surface area contributed by atoms with E-state index in [1.54, 1.807) is 18.2 Å². The van der Waals surface area contributed by atoms with Gasteiger partial charge in [-0.25, -0.2) is 0 Å². The number of phenolic OH excluding ortho intramolecular Hbond substituents is 1. The number of phenols is 1. The molecule has 0 aliphatic rings. The molecule has 2 rings (SSSR count). The van der Waals surface area contributed by atoms with Crippen LogP contribution in [0.5, 0.6) is 5.75 Å². The number of non-ortho nitro benzene ring substituents is 2. The first-order chi connectivity index (χ1) is 9.95. The average molecular weight is 290 g/mol. The third kappa shape index (κ3) is 4.71. The van der Waals surface area contributed by atoms with Crippen LogP contribution in [0.1, 0.15) is 10.4 Å². The lowest BCUT2D eigenvalue weighted by molar-refractivity contribution is -0.389. The second-order valence-corrected chi connectivity index (χ2v) is 3.71. The lowest BCUT2D eigenvalue weighted by Gasteiger charge is -1.91.